The molecule has 0 aromatic heterocycles. The third-order valence-electron chi connectivity index (χ3n) is 13.7. The Labute approximate surface area is 330 Å². The van der Waals surface area contributed by atoms with Gasteiger partial charge in [0.05, 0.1) is 0 Å². The Morgan fingerprint density at radius 2 is 0.643 bits per heavy atom. The molecule has 270 valence electrons. The van der Waals surface area contributed by atoms with E-state index in [1.807, 2.05) is 0 Å². The van der Waals surface area contributed by atoms with Crippen molar-refractivity contribution in [3.05, 3.63) is 197 Å². The van der Waals surface area contributed by atoms with Crippen LogP contribution in [0.4, 0.5) is 17.1 Å². The minimum Gasteiger partial charge on any atom is -0.310 e. The Balaban J connectivity index is 1.06. The molecule has 0 atom stereocenters. The monoisotopic (exact) mass is 719 g/mol. The van der Waals surface area contributed by atoms with Crippen LogP contribution in [-0.2, 0) is 16.2 Å². The van der Waals surface area contributed by atoms with Crippen LogP contribution in [0.15, 0.2) is 164 Å². The van der Waals surface area contributed by atoms with E-state index in [9.17, 15) is 0 Å². The predicted octanol–water partition coefficient (Wildman–Crippen LogP) is 14.9. The first-order valence-corrected chi connectivity index (χ1v) is 20.1. The summed E-state index contributed by atoms with van der Waals surface area (Å²) in [6.07, 6.45) is 0. The average Bonchev–Trinajstić information content (AvgIpc) is 3.70. The zero-order valence-electron chi connectivity index (χ0n) is 33.0. The molecule has 0 saturated heterocycles. The van der Waals surface area contributed by atoms with Gasteiger partial charge in [0.1, 0.15) is 0 Å². The fraction of sp³-hybridized carbons (Fsp3) is 0.164. The van der Waals surface area contributed by atoms with Crippen LogP contribution < -0.4 is 4.90 Å². The Kier molecular flexibility index (Phi) is 6.77. The molecular formula is C55H45N. The van der Waals surface area contributed by atoms with Gasteiger partial charge in [-0.2, -0.15) is 0 Å². The van der Waals surface area contributed by atoms with Crippen molar-refractivity contribution in [3.63, 3.8) is 0 Å². The van der Waals surface area contributed by atoms with Crippen molar-refractivity contribution in [3.8, 4) is 44.5 Å². The Bertz CT molecular complexity index is 2850. The third-order valence-corrected chi connectivity index (χ3v) is 13.7. The molecule has 0 N–H and O–H groups in total. The van der Waals surface area contributed by atoms with E-state index in [1.54, 1.807) is 0 Å². The maximum Gasteiger partial charge on any atom is 0.0465 e. The zero-order chi connectivity index (χ0) is 38.1. The van der Waals surface area contributed by atoms with Crippen LogP contribution in [-0.4, -0.2) is 0 Å². The molecule has 0 bridgehead atoms. The summed E-state index contributed by atoms with van der Waals surface area (Å²) in [4.78, 5) is 2.51. The van der Waals surface area contributed by atoms with E-state index in [4.69, 9.17) is 0 Å². The zero-order valence-corrected chi connectivity index (χ0v) is 33.0. The van der Waals surface area contributed by atoms with E-state index in [1.165, 1.54) is 106 Å². The van der Waals surface area contributed by atoms with Gasteiger partial charge in [0.25, 0.3) is 0 Å². The van der Waals surface area contributed by atoms with E-state index in [2.05, 4.69) is 210 Å². The van der Waals surface area contributed by atoms with Crippen LogP contribution in [0.25, 0.3) is 55.3 Å². The molecule has 1 nitrogen and oxygen atoms in total. The van der Waals surface area contributed by atoms with E-state index < -0.39 is 0 Å². The van der Waals surface area contributed by atoms with Crippen molar-refractivity contribution in [2.75, 3.05) is 4.90 Å². The minimum atomic E-state index is -0.178. The predicted molar refractivity (Wildman–Crippen MR) is 237 cm³/mol. The van der Waals surface area contributed by atoms with Gasteiger partial charge in [0, 0.05) is 33.3 Å². The lowest BCUT2D eigenvalue weighted by molar-refractivity contribution is 0.659. The van der Waals surface area contributed by atoms with E-state index in [0.29, 0.717) is 0 Å². The standard InChI is InChI=1S/C55H45N/c1-53(2)47-17-11-9-15-41(47)44-26-22-38(31-50(44)53)56(39-23-27-45-42-16-10-12-18-48(42)54(3,4)51(45)32-39)40-24-28-46-43-25-21-37(30-49(43)55(5,6)52(46)33-40)36-20-19-34-13-7-8-14-35(34)29-36/h7-33H,1-6H3. The minimum absolute atomic E-state index is 0.0977. The summed E-state index contributed by atoms with van der Waals surface area (Å²) in [7, 11) is 0. The molecule has 8 aromatic carbocycles. The van der Waals surface area contributed by atoms with Crippen molar-refractivity contribution in [2.24, 2.45) is 0 Å². The fourth-order valence-corrected chi connectivity index (χ4v) is 10.5. The van der Waals surface area contributed by atoms with Crippen LogP contribution >= 0.6 is 0 Å². The largest absolute Gasteiger partial charge is 0.310 e. The molecule has 1 heteroatoms. The van der Waals surface area contributed by atoms with Crippen molar-refractivity contribution < 1.29 is 0 Å². The topological polar surface area (TPSA) is 3.24 Å². The lowest BCUT2D eigenvalue weighted by atomic mass is 9.81. The van der Waals surface area contributed by atoms with Gasteiger partial charge in [0.2, 0.25) is 0 Å². The summed E-state index contributed by atoms with van der Waals surface area (Å²) in [6, 6.07) is 62.0. The van der Waals surface area contributed by atoms with Crippen LogP contribution in [0.2, 0.25) is 0 Å². The van der Waals surface area contributed by atoms with E-state index in [0.717, 1.165) is 0 Å². The van der Waals surface area contributed by atoms with Gasteiger partial charge < -0.3 is 4.90 Å². The Morgan fingerprint density at radius 3 is 1.16 bits per heavy atom. The summed E-state index contributed by atoms with van der Waals surface area (Å²) in [5, 5.41) is 2.55. The first-order valence-electron chi connectivity index (χ1n) is 20.1. The van der Waals surface area contributed by atoms with Gasteiger partial charge in [-0.3, -0.25) is 0 Å². The summed E-state index contributed by atoms with van der Waals surface area (Å²) in [6.45, 7) is 14.3. The Hall–Kier alpha value is -6.18. The first-order chi connectivity index (χ1) is 27.0. The number of hydrogen-bond donors (Lipinski definition) is 0. The highest BCUT2D eigenvalue weighted by Gasteiger charge is 2.39. The normalized spacial score (nSPS) is 15.8. The maximum absolute atomic E-state index is 2.51. The molecule has 0 unspecified atom stereocenters. The number of benzene rings is 8. The summed E-state index contributed by atoms with van der Waals surface area (Å²) in [5.41, 5.74) is 22.1. The van der Waals surface area contributed by atoms with Gasteiger partial charge in [-0.05, 0) is 137 Å². The van der Waals surface area contributed by atoms with Crippen LogP contribution in [0, 0.1) is 0 Å². The van der Waals surface area contributed by atoms with Gasteiger partial charge in [0.15, 0.2) is 0 Å². The first kappa shape index (κ1) is 33.2. The van der Waals surface area contributed by atoms with Crippen molar-refractivity contribution in [1.82, 2.24) is 0 Å². The second-order valence-electron chi connectivity index (χ2n) is 17.8. The molecule has 0 radical (unpaired) electrons. The molecule has 0 amide bonds. The molecule has 3 aliphatic carbocycles. The summed E-state index contributed by atoms with van der Waals surface area (Å²) < 4.78 is 0. The van der Waals surface area contributed by atoms with Gasteiger partial charge in [-0.1, -0.05) is 157 Å². The molecule has 0 fully saturated rings. The number of fused-ring (bicyclic) bond motifs is 10. The molecule has 11 rings (SSSR count). The number of anilines is 3. The van der Waals surface area contributed by atoms with Gasteiger partial charge in [-0.25, -0.2) is 0 Å². The lowest BCUT2D eigenvalue weighted by Crippen LogP contribution is -2.19. The second kappa shape index (κ2) is 11.4. The quantitative estimate of drug-likeness (QED) is 0.175. The molecule has 0 aliphatic heterocycles. The Morgan fingerprint density at radius 1 is 0.286 bits per heavy atom. The SMILES string of the molecule is CC1(C)c2ccccc2-c2ccc(N(c3ccc4c(c3)C(C)(C)c3ccccc3-4)c3ccc4c(c3)C(C)(C)c3cc(-c5ccc6ccccc6c5)ccc3-4)cc21. The second-order valence-corrected chi connectivity index (χ2v) is 17.8. The lowest BCUT2D eigenvalue weighted by Gasteiger charge is -2.31. The average molecular weight is 720 g/mol. The summed E-state index contributed by atoms with van der Waals surface area (Å²) >= 11 is 0. The highest BCUT2D eigenvalue weighted by atomic mass is 15.1. The van der Waals surface area contributed by atoms with Crippen molar-refractivity contribution in [1.29, 1.82) is 0 Å². The molecule has 3 aliphatic rings. The van der Waals surface area contributed by atoms with Gasteiger partial charge in [-0.15, -0.1) is 0 Å². The highest BCUT2D eigenvalue weighted by molar-refractivity contribution is 5.92. The van der Waals surface area contributed by atoms with E-state index in [-0.39, 0.29) is 16.2 Å². The number of rotatable bonds is 4. The number of hydrogen-bond acceptors (Lipinski definition) is 1. The molecule has 8 aromatic rings. The molecule has 0 spiro atoms. The molecule has 0 saturated carbocycles. The molecule has 0 heterocycles. The number of nitrogens with zero attached hydrogens (tertiary/aromatic N) is 1. The smallest absolute Gasteiger partial charge is 0.0465 e. The van der Waals surface area contributed by atoms with Gasteiger partial charge >= 0.3 is 0 Å². The van der Waals surface area contributed by atoms with Crippen molar-refractivity contribution in [2.45, 2.75) is 57.8 Å². The third kappa shape index (κ3) is 4.55. The fourth-order valence-electron chi connectivity index (χ4n) is 10.5. The van der Waals surface area contributed by atoms with Crippen molar-refractivity contribution >= 4 is 27.8 Å². The van der Waals surface area contributed by atoms with E-state index >= 15 is 0 Å². The van der Waals surface area contributed by atoms with Crippen LogP contribution in [0.1, 0.15) is 74.9 Å². The summed E-state index contributed by atoms with van der Waals surface area (Å²) in [5.74, 6) is 0. The molecular weight excluding hydrogens is 675 g/mol. The van der Waals surface area contributed by atoms with Crippen LogP contribution in [0.5, 0.6) is 0 Å². The maximum atomic E-state index is 2.51. The van der Waals surface area contributed by atoms with Crippen LogP contribution in [0.3, 0.4) is 0 Å². The highest BCUT2D eigenvalue weighted by Crippen LogP contribution is 2.55. The molecule has 56 heavy (non-hydrogen) atoms.